The van der Waals surface area contributed by atoms with Crippen LogP contribution in [0.3, 0.4) is 0 Å². The molecule has 0 saturated carbocycles. The molecule has 10 heavy (non-hydrogen) atoms. The highest BCUT2D eigenvalue weighted by atomic mass is 32.2. The molecule has 3 heteroatoms. The molecule has 0 aromatic carbocycles. The Morgan fingerprint density at radius 3 is 2.50 bits per heavy atom. The molecule has 1 saturated heterocycles. The first-order valence-corrected chi connectivity index (χ1v) is 6.90. The Kier molecular flexibility index (Phi) is 3.81. The minimum absolute atomic E-state index is 0.559. The van der Waals surface area contributed by atoms with Crippen LogP contribution < -0.4 is 0 Å². The van der Waals surface area contributed by atoms with Crippen molar-refractivity contribution < 1.29 is 0 Å². The van der Waals surface area contributed by atoms with Crippen LogP contribution in [0.4, 0.5) is 0 Å². The van der Waals surface area contributed by atoms with Crippen molar-refractivity contribution in [1.82, 2.24) is 0 Å². The minimum Gasteiger partial charge on any atom is -0.165 e. The first kappa shape index (κ1) is 9.14. The van der Waals surface area contributed by atoms with Crippen molar-refractivity contribution in [2.24, 2.45) is 0 Å². The Labute approximate surface area is 76.3 Å². The van der Waals surface area contributed by atoms with Gasteiger partial charge in [0.15, 0.2) is 0 Å². The highest BCUT2D eigenvalue weighted by Gasteiger charge is 2.29. The van der Waals surface area contributed by atoms with E-state index < -0.39 is 0 Å². The van der Waals surface area contributed by atoms with E-state index in [1.165, 1.54) is 23.7 Å². The molecule has 1 aliphatic heterocycles. The second kappa shape index (κ2) is 4.17. The van der Waals surface area contributed by atoms with Crippen LogP contribution in [0.15, 0.2) is 0 Å². The molecule has 60 valence electrons. The molecule has 0 bridgehead atoms. The van der Waals surface area contributed by atoms with Gasteiger partial charge in [-0.25, -0.2) is 0 Å². The van der Waals surface area contributed by atoms with Crippen molar-refractivity contribution in [3.63, 3.8) is 0 Å². The maximum atomic E-state index is 2.38. The van der Waals surface area contributed by atoms with Crippen LogP contribution in [0.2, 0.25) is 0 Å². The highest BCUT2D eigenvalue weighted by molar-refractivity contribution is 8.21. The third-order valence-electron chi connectivity index (χ3n) is 1.66. The smallest absolute Gasteiger partial charge is 0.0591 e. The van der Waals surface area contributed by atoms with Crippen LogP contribution in [0.25, 0.3) is 0 Å². The number of hydrogen-bond donors (Lipinski definition) is 0. The predicted molar refractivity (Wildman–Crippen MR) is 56.3 cm³/mol. The van der Waals surface area contributed by atoms with E-state index >= 15 is 0 Å². The standard InChI is InChI=1S/C7H14S3/c1-7(3-4-8-2)9-5-6-10-7/h3-6H2,1-2H3. The predicted octanol–water partition coefficient (Wildman–Crippen LogP) is 2.94. The van der Waals surface area contributed by atoms with Crippen molar-refractivity contribution in [1.29, 1.82) is 0 Å². The van der Waals surface area contributed by atoms with Gasteiger partial charge < -0.3 is 0 Å². The fourth-order valence-corrected chi connectivity index (χ4v) is 4.72. The van der Waals surface area contributed by atoms with E-state index in [4.69, 9.17) is 0 Å². The van der Waals surface area contributed by atoms with Crippen LogP contribution in [-0.2, 0) is 0 Å². The summed E-state index contributed by atoms with van der Waals surface area (Å²) in [6.07, 6.45) is 3.55. The van der Waals surface area contributed by atoms with Crippen molar-refractivity contribution >= 4 is 35.3 Å². The summed E-state index contributed by atoms with van der Waals surface area (Å²) in [5.41, 5.74) is 0. The zero-order valence-corrected chi connectivity index (χ0v) is 9.00. The largest absolute Gasteiger partial charge is 0.165 e. The van der Waals surface area contributed by atoms with Gasteiger partial charge in [0.05, 0.1) is 4.08 Å². The van der Waals surface area contributed by atoms with Gasteiger partial charge in [-0.05, 0) is 25.4 Å². The van der Waals surface area contributed by atoms with Gasteiger partial charge in [-0.15, -0.1) is 23.5 Å². The van der Waals surface area contributed by atoms with E-state index in [1.807, 2.05) is 11.8 Å². The summed E-state index contributed by atoms with van der Waals surface area (Å²) in [6.45, 7) is 2.38. The van der Waals surface area contributed by atoms with Crippen molar-refractivity contribution in [2.75, 3.05) is 23.5 Å². The minimum atomic E-state index is 0.559. The van der Waals surface area contributed by atoms with E-state index in [-0.39, 0.29) is 0 Å². The van der Waals surface area contributed by atoms with Gasteiger partial charge in [0.1, 0.15) is 0 Å². The molecule has 1 heterocycles. The average Bonchev–Trinajstić information content (AvgIpc) is 2.33. The summed E-state index contributed by atoms with van der Waals surface area (Å²) in [6, 6.07) is 0. The molecule has 0 spiro atoms. The van der Waals surface area contributed by atoms with E-state index in [1.54, 1.807) is 0 Å². The first-order chi connectivity index (χ1) is 4.77. The number of hydrogen-bond acceptors (Lipinski definition) is 3. The summed E-state index contributed by atoms with van der Waals surface area (Å²) >= 11 is 6.23. The Morgan fingerprint density at radius 2 is 2.00 bits per heavy atom. The zero-order valence-electron chi connectivity index (χ0n) is 6.55. The summed E-state index contributed by atoms with van der Waals surface area (Å²) in [5.74, 6) is 4.03. The summed E-state index contributed by atoms with van der Waals surface area (Å²) in [4.78, 5) is 0. The molecule has 0 amide bonds. The van der Waals surface area contributed by atoms with Gasteiger partial charge in [0, 0.05) is 11.5 Å². The molecular weight excluding hydrogens is 180 g/mol. The van der Waals surface area contributed by atoms with Crippen LogP contribution in [0, 0.1) is 0 Å². The Bertz CT molecular complexity index is 97.0. The molecule has 0 radical (unpaired) electrons. The molecule has 1 rings (SSSR count). The van der Waals surface area contributed by atoms with Gasteiger partial charge >= 0.3 is 0 Å². The van der Waals surface area contributed by atoms with E-state index in [0.717, 1.165) is 0 Å². The molecule has 0 atom stereocenters. The third kappa shape index (κ3) is 2.59. The lowest BCUT2D eigenvalue weighted by atomic mass is 10.4. The molecule has 1 aliphatic rings. The molecule has 0 unspecified atom stereocenters. The molecule has 0 aliphatic carbocycles. The van der Waals surface area contributed by atoms with Gasteiger partial charge in [0.2, 0.25) is 0 Å². The Morgan fingerprint density at radius 1 is 1.40 bits per heavy atom. The molecule has 1 fully saturated rings. The van der Waals surface area contributed by atoms with E-state index in [0.29, 0.717) is 4.08 Å². The molecule has 0 N–H and O–H groups in total. The first-order valence-electron chi connectivity index (χ1n) is 3.54. The van der Waals surface area contributed by atoms with Crippen LogP contribution >= 0.6 is 35.3 Å². The lowest BCUT2D eigenvalue weighted by Gasteiger charge is -2.20. The third-order valence-corrected chi connectivity index (χ3v) is 5.68. The topological polar surface area (TPSA) is 0 Å². The van der Waals surface area contributed by atoms with Crippen molar-refractivity contribution in [3.05, 3.63) is 0 Å². The van der Waals surface area contributed by atoms with Gasteiger partial charge in [-0.3, -0.25) is 0 Å². The van der Waals surface area contributed by atoms with E-state index in [2.05, 4.69) is 36.7 Å². The second-order valence-electron chi connectivity index (χ2n) is 2.57. The summed E-state index contributed by atoms with van der Waals surface area (Å²) < 4.78 is 0.559. The van der Waals surface area contributed by atoms with Crippen LogP contribution in [-0.4, -0.2) is 27.6 Å². The summed E-state index contributed by atoms with van der Waals surface area (Å²) in [5, 5.41) is 0. The van der Waals surface area contributed by atoms with Crippen LogP contribution in [0.1, 0.15) is 13.3 Å². The fourth-order valence-electron chi connectivity index (χ4n) is 0.989. The number of rotatable bonds is 3. The zero-order chi connectivity index (χ0) is 7.45. The Hall–Kier alpha value is 1.05. The van der Waals surface area contributed by atoms with Crippen molar-refractivity contribution in [3.8, 4) is 0 Å². The summed E-state index contributed by atoms with van der Waals surface area (Å²) in [7, 11) is 0. The average molecular weight is 194 g/mol. The van der Waals surface area contributed by atoms with Crippen molar-refractivity contribution in [2.45, 2.75) is 17.4 Å². The second-order valence-corrected chi connectivity index (χ2v) is 7.01. The molecule has 0 nitrogen and oxygen atoms in total. The maximum Gasteiger partial charge on any atom is 0.0591 e. The fraction of sp³-hybridized carbons (Fsp3) is 1.00. The lowest BCUT2D eigenvalue weighted by molar-refractivity contribution is 0.865. The van der Waals surface area contributed by atoms with Gasteiger partial charge in [-0.1, -0.05) is 0 Å². The molecule has 0 aromatic heterocycles. The van der Waals surface area contributed by atoms with Crippen LogP contribution in [0.5, 0.6) is 0 Å². The maximum absolute atomic E-state index is 2.38. The lowest BCUT2D eigenvalue weighted by Crippen LogP contribution is -2.11. The SMILES string of the molecule is CSCCC1(C)SCCS1. The number of thioether (sulfide) groups is 3. The quantitative estimate of drug-likeness (QED) is 0.678. The van der Waals surface area contributed by atoms with E-state index in [9.17, 15) is 0 Å². The highest BCUT2D eigenvalue weighted by Crippen LogP contribution is 2.46. The molecule has 0 aromatic rings. The molecular formula is C7H14S3. The normalized spacial score (nSPS) is 23.4. The monoisotopic (exact) mass is 194 g/mol. The van der Waals surface area contributed by atoms with Gasteiger partial charge in [-0.2, -0.15) is 11.8 Å². The van der Waals surface area contributed by atoms with Gasteiger partial charge in [0.25, 0.3) is 0 Å². The Balaban J connectivity index is 2.22.